The van der Waals surface area contributed by atoms with E-state index in [0.717, 1.165) is 12.1 Å². The quantitative estimate of drug-likeness (QED) is 0.886. The molecule has 1 amide bonds. The summed E-state index contributed by atoms with van der Waals surface area (Å²) in [7, 11) is 0. The molecule has 1 fully saturated rings. The van der Waals surface area contributed by atoms with E-state index in [2.05, 4.69) is 0 Å². The van der Waals surface area contributed by atoms with Crippen LogP contribution in [0.4, 0.5) is 18.9 Å². The van der Waals surface area contributed by atoms with Crippen molar-refractivity contribution in [2.75, 3.05) is 24.6 Å². The van der Waals surface area contributed by atoms with Gasteiger partial charge in [0.15, 0.2) is 0 Å². The molecule has 0 radical (unpaired) electrons. The van der Waals surface area contributed by atoms with E-state index in [1.807, 2.05) is 0 Å². The van der Waals surface area contributed by atoms with Crippen molar-refractivity contribution in [3.8, 4) is 0 Å². The van der Waals surface area contributed by atoms with Gasteiger partial charge in [0.2, 0.25) is 0 Å². The number of nitrogens with zero attached hydrogens (tertiary/aromatic N) is 1. The van der Waals surface area contributed by atoms with Crippen molar-refractivity contribution in [2.45, 2.75) is 12.3 Å². The summed E-state index contributed by atoms with van der Waals surface area (Å²) >= 11 is 0. The van der Waals surface area contributed by atoms with Crippen molar-refractivity contribution in [1.29, 1.82) is 0 Å². The zero-order valence-corrected chi connectivity index (χ0v) is 9.98. The lowest BCUT2D eigenvalue weighted by atomic mass is 10.1. The minimum atomic E-state index is -4.38. The van der Waals surface area contributed by atoms with Gasteiger partial charge in [-0.15, -0.1) is 0 Å². The number of halogens is 3. The maximum absolute atomic E-state index is 12.4. The van der Waals surface area contributed by atoms with Gasteiger partial charge < -0.3 is 15.4 Å². The average molecular weight is 274 g/mol. The molecule has 1 saturated heterocycles. The molecule has 1 aliphatic rings. The van der Waals surface area contributed by atoms with Crippen molar-refractivity contribution in [1.82, 2.24) is 0 Å². The summed E-state index contributed by atoms with van der Waals surface area (Å²) in [5.74, 6) is -0.288. The van der Waals surface area contributed by atoms with Crippen LogP contribution in [0.1, 0.15) is 5.56 Å². The van der Waals surface area contributed by atoms with Gasteiger partial charge in [-0.25, -0.2) is 0 Å². The topological polar surface area (TPSA) is 55.6 Å². The van der Waals surface area contributed by atoms with Crippen LogP contribution in [-0.4, -0.2) is 31.7 Å². The molecule has 1 atom stereocenters. The third kappa shape index (κ3) is 3.05. The van der Waals surface area contributed by atoms with E-state index in [-0.39, 0.29) is 31.7 Å². The third-order valence-corrected chi connectivity index (χ3v) is 2.90. The molecule has 1 aromatic rings. The van der Waals surface area contributed by atoms with Gasteiger partial charge in [-0.1, -0.05) is 0 Å². The molecule has 0 aliphatic carbocycles. The maximum atomic E-state index is 12.4. The fraction of sp³-hybridized carbons (Fsp3) is 0.417. The lowest BCUT2D eigenvalue weighted by Crippen LogP contribution is -2.49. The van der Waals surface area contributed by atoms with Crippen LogP contribution in [-0.2, 0) is 15.7 Å². The molecule has 2 N–H and O–H groups in total. The predicted octanol–water partition coefficient (Wildman–Crippen LogP) is 1.40. The predicted molar refractivity (Wildman–Crippen MR) is 62.6 cm³/mol. The maximum Gasteiger partial charge on any atom is 0.416 e. The lowest BCUT2D eigenvalue weighted by molar-refractivity contribution is -0.137. The molecular weight excluding hydrogens is 261 g/mol. The number of hydrogen-bond acceptors (Lipinski definition) is 3. The Bertz CT molecular complexity index is 459. The Morgan fingerprint density at radius 3 is 2.47 bits per heavy atom. The number of nitrogens with two attached hydrogens (primary N) is 1. The van der Waals surface area contributed by atoms with Gasteiger partial charge in [-0.05, 0) is 24.3 Å². The molecule has 1 aliphatic heterocycles. The first-order valence-corrected chi connectivity index (χ1v) is 5.71. The van der Waals surface area contributed by atoms with E-state index in [1.165, 1.54) is 17.0 Å². The molecule has 19 heavy (non-hydrogen) atoms. The number of benzene rings is 1. The summed E-state index contributed by atoms with van der Waals surface area (Å²) < 4.78 is 42.5. The van der Waals surface area contributed by atoms with E-state index in [0.29, 0.717) is 5.69 Å². The van der Waals surface area contributed by atoms with E-state index in [9.17, 15) is 18.0 Å². The van der Waals surface area contributed by atoms with Gasteiger partial charge in [0, 0.05) is 12.2 Å². The average Bonchev–Trinajstić information content (AvgIpc) is 2.38. The fourth-order valence-corrected chi connectivity index (χ4v) is 1.85. The van der Waals surface area contributed by atoms with Gasteiger partial charge in [-0.2, -0.15) is 13.2 Å². The second-order valence-corrected chi connectivity index (χ2v) is 4.22. The summed E-state index contributed by atoms with van der Waals surface area (Å²) in [4.78, 5) is 13.1. The first-order chi connectivity index (χ1) is 8.91. The van der Waals surface area contributed by atoms with Crippen LogP contribution in [0.3, 0.4) is 0 Å². The summed E-state index contributed by atoms with van der Waals surface area (Å²) in [6.45, 7) is 0.397. The van der Waals surface area contributed by atoms with E-state index in [4.69, 9.17) is 10.5 Å². The Labute approximate surface area is 107 Å². The smallest absolute Gasteiger partial charge is 0.365 e. The van der Waals surface area contributed by atoms with Crippen LogP contribution < -0.4 is 10.6 Å². The Kier molecular flexibility index (Phi) is 3.77. The Morgan fingerprint density at radius 2 is 1.95 bits per heavy atom. The van der Waals surface area contributed by atoms with Crippen molar-refractivity contribution >= 4 is 11.6 Å². The summed E-state index contributed by atoms with van der Waals surface area (Å²) in [5, 5.41) is 0. The number of carbonyl (C=O) groups excluding carboxylic acids is 1. The largest absolute Gasteiger partial charge is 0.416 e. The summed E-state index contributed by atoms with van der Waals surface area (Å²) in [6, 6.07) is 4.46. The number of hydrogen-bond donors (Lipinski definition) is 1. The standard InChI is InChI=1S/C12H13F3N2O2/c13-12(14,15)8-1-3-9(4-2-8)17-6-10(5-16)19-7-11(17)18/h1-4,10H,5-7,16H2. The minimum absolute atomic E-state index is 0.108. The van der Waals surface area contributed by atoms with Crippen molar-refractivity contribution < 1.29 is 22.7 Å². The second-order valence-electron chi connectivity index (χ2n) is 4.22. The number of amides is 1. The normalized spacial score (nSPS) is 20.7. The third-order valence-electron chi connectivity index (χ3n) is 2.90. The van der Waals surface area contributed by atoms with Gasteiger partial charge in [-0.3, -0.25) is 4.79 Å². The highest BCUT2D eigenvalue weighted by Gasteiger charge is 2.31. The van der Waals surface area contributed by atoms with E-state index in [1.54, 1.807) is 0 Å². The molecule has 0 saturated carbocycles. The first-order valence-electron chi connectivity index (χ1n) is 5.71. The summed E-state index contributed by atoms with van der Waals surface area (Å²) in [6.07, 6.45) is -4.67. The lowest BCUT2D eigenvalue weighted by Gasteiger charge is -2.32. The molecule has 1 aromatic carbocycles. The summed E-state index contributed by atoms with van der Waals surface area (Å²) in [5.41, 5.74) is 5.13. The number of rotatable bonds is 2. The molecular formula is C12H13F3N2O2. The Balaban J connectivity index is 2.19. The van der Waals surface area contributed by atoms with Crippen LogP contribution in [0.25, 0.3) is 0 Å². The SMILES string of the molecule is NCC1CN(c2ccc(C(F)(F)F)cc2)C(=O)CO1. The molecule has 1 heterocycles. The van der Waals surface area contributed by atoms with Crippen LogP contribution in [0.2, 0.25) is 0 Å². The van der Waals surface area contributed by atoms with Crippen molar-refractivity contribution in [3.05, 3.63) is 29.8 Å². The van der Waals surface area contributed by atoms with E-state index >= 15 is 0 Å². The number of alkyl halides is 3. The Morgan fingerprint density at radius 1 is 1.32 bits per heavy atom. The molecule has 2 rings (SSSR count). The molecule has 0 aromatic heterocycles. The van der Waals surface area contributed by atoms with E-state index < -0.39 is 11.7 Å². The van der Waals surface area contributed by atoms with Gasteiger partial charge >= 0.3 is 6.18 Å². The molecule has 104 valence electrons. The van der Waals surface area contributed by atoms with Crippen LogP contribution in [0.5, 0.6) is 0 Å². The van der Waals surface area contributed by atoms with Crippen molar-refractivity contribution in [3.63, 3.8) is 0 Å². The number of anilines is 1. The van der Waals surface area contributed by atoms with Crippen LogP contribution in [0.15, 0.2) is 24.3 Å². The molecule has 0 bridgehead atoms. The molecule has 0 spiro atoms. The molecule has 7 heteroatoms. The fourth-order valence-electron chi connectivity index (χ4n) is 1.85. The van der Waals surface area contributed by atoms with Crippen LogP contribution >= 0.6 is 0 Å². The minimum Gasteiger partial charge on any atom is -0.365 e. The highest BCUT2D eigenvalue weighted by Crippen LogP contribution is 2.30. The van der Waals surface area contributed by atoms with Crippen molar-refractivity contribution in [2.24, 2.45) is 5.73 Å². The highest BCUT2D eigenvalue weighted by atomic mass is 19.4. The molecule has 4 nitrogen and oxygen atoms in total. The number of ether oxygens (including phenoxy) is 1. The van der Waals surface area contributed by atoms with Gasteiger partial charge in [0.1, 0.15) is 6.61 Å². The molecule has 1 unspecified atom stereocenters. The monoisotopic (exact) mass is 274 g/mol. The van der Waals surface area contributed by atoms with Gasteiger partial charge in [0.05, 0.1) is 18.2 Å². The zero-order valence-electron chi connectivity index (χ0n) is 9.98. The first kappa shape index (κ1) is 13.8. The zero-order chi connectivity index (χ0) is 14.0. The van der Waals surface area contributed by atoms with Crippen LogP contribution in [0, 0.1) is 0 Å². The second kappa shape index (κ2) is 5.18. The number of carbonyl (C=O) groups is 1. The van der Waals surface area contributed by atoms with Gasteiger partial charge in [0.25, 0.3) is 5.91 Å². The highest BCUT2D eigenvalue weighted by molar-refractivity contribution is 5.95. The number of morpholine rings is 1. The Hall–Kier alpha value is -1.60.